The Kier molecular flexibility index (Phi) is 10.6. The van der Waals surface area contributed by atoms with Crippen molar-refractivity contribution in [1.82, 2.24) is 0 Å². The van der Waals surface area contributed by atoms with Gasteiger partial charge in [0.15, 0.2) is 0 Å². The molecule has 0 fully saturated rings. The largest absolute Gasteiger partial charge is 0.475 e. The number of alkyl halides is 1. The number of halogens is 1. The van der Waals surface area contributed by atoms with Gasteiger partial charge in [-0.1, -0.05) is 54.6 Å². The van der Waals surface area contributed by atoms with Gasteiger partial charge in [0.05, 0.1) is 11.9 Å². The molecule has 0 aromatic heterocycles. The molecule has 0 aliphatic carbocycles. The predicted molar refractivity (Wildman–Crippen MR) is 90.7 cm³/mol. The predicted octanol–water partition coefficient (Wildman–Crippen LogP) is 4.17. The Balaban J connectivity index is 4.83. The minimum absolute atomic E-state index is 0.0258. The van der Waals surface area contributed by atoms with Gasteiger partial charge in [0.1, 0.15) is 12.3 Å². The summed E-state index contributed by atoms with van der Waals surface area (Å²) in [6.07, 6.45) is 7.83. The zero-order valence-corrected chi connectivity index (χ0v) is 14.8. The van der Waals surface area contributed by atoms with Crippen molar-refractivity contribution in [3.8, 4) is 0 Å². The standard InChI is InChI=1S/C16H24BrNO3/c1-6-8-9-10-12(3)11-21-15(14(17)7-2)18-13(4)16(19)20-5/h8-10,14H,4,6-7,11H2,1-3,5H3. The fraction of sp³-hybridized carbons (Fsp3) is 0.500. The molecule has 0 aromatic carbocycles. The summed E-state index contributed by atoms with van der Waals surface area (Å²) < 4.78 is 10.3. The Hall–Kier alpha value is -1.36. The van der Waals surface area contributed by atoms with Gasteiger partial charge in [-0.3, -0.25) is 0 Å². The first-order chi connectivity index (χ1) is 9.96. The fourth-order valence-corrected chi connectivity index (χ4v) is 1.50. The summed E-state index contributed by atoms with van der Waals surface area (Å²) >= 11 is 3.47. The maximum atomic E-state index is 11.4. The van der Waals surface area contributed by atoms with Gasteiger partial charge in [-0.25, -0.2) is 9.79 Å². The van der Waals surface area contributed by atoms with Gasteiger partial charge in [0, 0.05) is 0 Å². The third-order valence-corrected chi connectivity index (χ3v) is 3.53. The lowest BCUT2D eigenvalue weighted by Crippen LogP contribution is -2.19. The molecule has 0 spiro atoms. The maximum Gasteiger partial charge on any atom is 0.356 e. The van der Waals surface area contributed by atoms with Crippen molar-refractivity contribution in [2.24, 2.45) is 4.99 Å². The highest BCUT2D eigenvalue weighted by molar-refractivity contribution is 9.10. The molecule has 5 heteroatoms. The monoisotopic (exact) mass is 357 g/mol. The molecule has 1 unspecified atom stereocenters. The molecule has 0 bridgehead atoms. The molecular weight excluding hydrogens is 334 g/mol. The quantitative estimate of drug-likeness (QED) is 0.163. The topological polar surface area (TPSA) is 47.9 Å². The van der Waals surface area contributed by atoms with Gasteiger partial charge in [-0.05, 0) is 25.3 Å². The molecule has 0 amide bonds. The molecule has 4 nitrogen and oxygen atoms in total. The van der Waals surface area contributed by atoms with Crippen LogP contribution < -0.4 is 0 Å². The van der Waals surface area contributed by atoms with Gasteiger partial charge >= 0.3 is 5.97 Å². The number of aliphatic imine (C=N–C) groups is 1. The van der Waals surface area contributed by atoms with Crippen LogP contribution in [0.25, 0.3) is 0 Å². The number of hydrogen-bond donors (Lipinski definition) is 0. The van der Waals surface area contributed by atoms with Gasteiger partial charge in [0.25, 0.3) is 0 Å². The second-order valence-electron chi connectivity index (χ2n) is 4.40. The second-order valence-corrected chi connectivity index (χ2v) is 5.51. The highest BCUT2D eigenvalue weighted by atomic mass is 79.9. The van der Waals surface area contributed by atoms with Crippen molar-refractivity contribution in [2.45, 2.75) is 38.4 Å². The Morgan fingerprint density at radius 2 is 2.10 bits per heavy atom. The molecule has 0 aliphatic rings. The first kappa shape index (κ1) is 19.6. The van der Waals surface area contributed by atoms with Gasteiger partial charge in [0.2, 0.25) is 5.90 Å². The summed E-state index contributed by atoms with van der Waals surface area (Å²) in [4.78, 5) is 15.4. The molecule has 1 atom stereocenters. The SMILES string of the molecule is C=C(N=C(OCC(C)=CC=CCC)C(Br)CC)C(=O)OC. The zero-order chi connectivity index (χ0) is 16.3. The average molecular weight is 358 g/mol. The third kappa shape index (κ3) is 8.50. The number of ether oxygens (including phenoxy) is 2. The zero-order valence-electron chi connectivity index (χ0n) is 13.2. The Morgan fingerprint density at radius 1 is 1.43 bits per heavy atom. The lowest BCUT2D eigenvalue weighted by atomic mass is 10.2. The number of carbonyl (C=O) groups is 1. The van der Waals surface area contributed by atoms with E-state index in [9.17, 15) is 4.79 Å². The van der Waals surface area contributed by atoms with E-state index in [1.807, 2.05) is 26.0 Å². The van der Waals surface area contributed by atoms with E-state index in [1.165, 1.54) is 7.11 Å². The minimum Gasteiger partial charge on any atom is -0.475 e. The molecule has 0 saturated carbocycles. The van der Waals surface area contributed by atoms with Crippen molar-refractivity contribution >= 4 is 27.8 Å². The highest BCUT2D eigenvalue weighted by Crippen LogP contribution is 2.12. The maximum absolute atomic E-state index is 11.4. The molecule has 0 saturated heterocycles. The van der Waals surface area contributed by atoms with E-state index in [-0.39, 0.29) is 10.5 Å². The van der Waals surface area contributed by atoms with Crippen LogP contribution in [0.3, 0.4) is 0 Å². The molecule has 0 N–H and O–H groups in total. The molecule has 0 aromatic rings. The molecule has 21 heavy (non-hydrogen) atoms. The minimum atomic E-state index is -0.565. The number of methoxy groups -OCH3 is 1. The van der Waals surface area contributed by atoms with E-state index in [1.54, 1.807) is 0 Å². The lowest BCUT2D eigenvalue weighted by molar-refractivity contribution is -0.136. The van der Waals surface area contributed by atoms with Crippen LogP contribution in [0, 0.1) is 0 Å². The highest BCUT2D eigenvalue weighted by Gasteiger charge is 2.15. The van der Waals surface area contributed by atoms with E-state index in [0.29, 0.717) is 12.5 Å². The number of allylic oxidation sites excluding steroid dienone is 3. The smallest absolute Gasteiger partial charge is 0.356 e. The second kappa shape index (κ2) is 11.3. The normalized spacial score (nSPS) is 14.1. The van der Waals surface area contributed by atoms with E-state index < -0.39 is 5.97 Å². The third-order valence-electron chi connectivity index (χ3n) is 2.49. The van der Waals surface area contributed by atoms with Crippen molar-refractivity contribution in [3.63, 3.8) is 0 Å². The van der Waals surface area contributed by atoms with Crippen LogP contribution in [0.4, 0.5) is 0 Å². The van der Waals surface area contributed by atoms with Crippen molar-refractivity contribution < 1.29 is 14.3 Å². The van der Waals surface area contributed by atoms with Crippen LogP contribution in [-0.2, 0) is 14.3 Å². The van der Waals surface area contributed by atoms with Gasteiger partial charge in [-0.15, -0.1) is 0 Å². The Morgan fingerprint density at radius 3 is 2.62 bits per heavy atom. The van der Waals surface area contributed by atoms with Crippen LogP contribution in [0.1, 0.15) is 33.6 Å². The summed E-state index contributed by atoms with van der Waals surface area (Å²) in [6, 6.07) is 0. The molecule has 0 aliphatic heterocycles. The van der Waals surface area contributed by atoms with Crippen LogP contribution in [0.5, 0.6) is 0 Å². The summed E-state index contributed by atoms with van der Waals surface area (Å²) in [5.74, 6) is -0.134. The first-order valence-corrected chi connectivity index (χ1v) is 7.82. The first-order valence-electron chi connectivity index (χ1n) is 6.91. The van der Waals surface area contributed by atoms with Crippen LogP contribution in [-0.4, -0.2) is 30.4 Å². The van der Waals surface area contributed by atoms with Crippen molar-refractivity contribution in [1.29, 1.82) is 0 Å². The fourth-order valence-electron chi connectivity index (χ4n) is 1.27. The number of rotatable bonds is 8. The van der Waals surface area contributed by atoms with Gasteiger partial charge in [-0.2, -0.15) is 0 Å². The summed E-state index contributed by atoms with van der Waals surface area (Å²) in [7, 11) is 1.29. The molecule has 0 rings (SSSR count). The van der Waals surface area contributed by atoms with E-state index in [2.05, 4.69) is 45.2 Å². The van der Waals surface area contributed by atoms with E-state index in [0.717, 1.165) is 18.4 Å². The Labute approximate surface area is 135 Å². The molecular formula is C16H24BrNO3. The molecule has 0 radical (unpaired) electrons. The van der Waals surface area contributed by atoms with Gasteiger partial charge < -0.3 is 9.47 Å². The van der Waals surface area contributed by atoms with Crippen molar-refractivity contribution in [3.05, 3.63) is 36.1 Å². The molecule has 0 heterocycles. The van der Waals surface area contributed by atoms with Crippen LogP contribution in [0.15, 0.2) is 41.1 Å². The van der Waals surface area contributed by atoms with E-state index in [4.69, 9.17) is 4.74 Å². The summed E-state index contributed by atoms with van der Waals surface area (Å²) in [6.45, 7) is 10.0. The van der Waals surface area contributed by atoms with E-state index >= 15 is 0 Å². The Bertz CT molecular complexity index is 439. The summed E-state index contributed by atoms with van der Waals surface area (Å²) in [5, 5.41) is 0. The van der Waals surface area contributed by atoms with Crippen molar-refractivity contribution in [2.75, 3.05) is 13.7 Å². The molecule has 118 valence electrons. The lowest BCUT2D eigenvalue weighted by Gasteiger charge is -2.13. The summed E-state index contributed by atoms with van der Waals surface area (Å²) in [5.41, 5.74) is 1.09. The van der Waals surface area contributed by atoms with Crippen LogP contribution in [0.2, 0.25) is 0 Å². The number of hydrogen-bond acceptors (Lipinski definition) is 4. The number of esters is 1. The average Bonchev–Trinajstić information content (AvgIpc) is 2.49. The number of nitrogens with zero attached hydrogens (tertiary/aromatic N) is 1. The van der Waals surface area contributed by atoms with Crippen LogP contribution >= 0.6 is 15.9 Å². The number of carbonyl (C=O) groups excluding carboxylic acids is 1.